The van der Waals surface area contributed by atoms with Crippen LogP contribution >= 0.6 is 0 Å². The number of hydrogen-bond donors (Lipinski definition) is 2. The van der Waals surface area contributed by atoms with Gasteiger partial charge in [0.05, 0.1) is 12.8 Å². The van der Waals surface area contributed by atoms with E-state index in [2.05, 4.69) is 15.6 Å². The van der Waals surface area contributed by atoms with Crippen molar-refractivity contribution in [2.75, 3.05) is 12.4 Å². The van der Waals surface area contributed by atoms with Gasteiger partial charge in [-0.25, -0.2) is 9.37 Å². The number of benzene rings is 2. The molecular weight excluding hydrogens is 399 g/mol. The minimum atomic E-state index is -0.798. The fourth-order valence-corrected chi connectivity index (χ4v) is 3.13. The molecule has 31 heavy (non-hydrogen) atoms. The van der Waals surface area contributed by atoms with Gasteiger partial charge in [-0.2, -0.15) is 0 Å². The van der Waals surface area contributed by atoms with Crippen molar-refractivity contribution in [3.63, 3.8) is 0 Å². The maximum atomic E-state index is 14.6. The summed E-state index contributed by atoms with van der Waals surface area (Å²) in [4.78, 5) is 29.5. The van der Waals surface area contributed by atoms with Crippen molar-refractivity contribution in [3.8, 4) is 11.4 Å². The van der Waals surface area contributed by atoms with E-state index in [0.717, 1.165) is 0 Å². The van der Waals surface area contributed by atoms with Crippen molar-refractivity contribution in [1.29, 1.82) is 0 Å². The molecule has 3 aromatic rings. The molecule has 2 amide bonds. The zero-order chi connectivity index (χ0) is 22.5. The van der Waals surface area contributed by atoms with E-state index in [4.69, 9.17) is 4.74 Å². The van der Waals surface area contributed by atoms with Gasteiger partial charge in [0, 0.05) is 23.6 Å². The third-order valence-corrected chi connectivity index (χ3v) is 4.89. The predicted octanol–water partition coefficient (Wildman–Crippen LogP) is 3.72. The second-order valence-electron chi connectivity index (χ2n) is 7.42. The second kappa shape index (κ2) is 9.42. The number of hydrogen-bond acceptors (Lipinski definition) is 4. The summed E-state index contributed by atoms with van der Waals surface area (Å²) in [5.74, 6) is -0.207. The molecule has 2 N–H and O–H groups in total. The van der Waals surface area contributed by atoms with Gasteiger partial charge in [-0.15, -0.1) is 0 Å². The first-order valence-electron chi connectivity index (χ1n) is 9.85. The minimum absolute atomic E-state index is 0.181. The van der Waals surface area contributed by atoms with Crippen LogP contribution in [-0.4, -0.2) is 34.5 Å². The highest BCUT2D eigenvalue weighted by molar-refractivity contribution is 6.01. The number of carbonyl (C=O) groups is 2. The van der Waals surface area contributed by atoms with Crippen LogP contribution < -0.4 is 15.4 Å². The Bertz CT molecular complexity index is 1080. The van der Waals surface area contributed by atoms with E-state index in [0.29, 0.717) is 28.5 Å². The average Bonchev–Trinajstić information content (AvgIpc) is 3.17. The zero-order valence-corrected chi connectivity index (χ0v) is 17.8. The third-order valence-electron chi connectivity index (χ3n) is 4.89. The van der Waals surface area contributed by atoms with Crippen LogP contribution in [0.15, 0.2) is 54.9 Å². The molecular formula is C23H25FN4O3. The Morgan fingerprint density at radius 1 is 1.13 bits per heavy atom. The monoisotopic (exact) mass is 424 g/mol. The van der Waals surface area contributed by atoms with Gasteiger partial charge < -0.3 is 19.9 Å². The molecule has 2 aromatic carbocycles. The van der Waals surface area contributed by atoms with Crippen LogP contribution in [0.25, 0.3) is 5.69 Å². The smallest absolute Gasteiger partial charge is 0.251 e. The molecule has 0 saturated heterocycles. The molecule has 8 heteroatoms. The van der Waals surface area contributed by atoms with Crippen LogP contribution in [0.5, 0.6) is 5.75 Å². The van der Waals surface area contributed by atoms with Gasteiger partial charge in [-0.05, 0) is 55.3 Å². The van der Waals surface area contributed by atoms with E-state index in [-0.39, 0.29) is 11.8 Å². The van der Waals surface area contributed by atoms with Crippen molar-refractivity contribution < 1.29 is 18.7 Å². The van der Waals surface area contributed by atoms with Crippen LogP contribution in [0.1, 0.15) is 30.0 Å². The van der Waals surface area contributed by atoms with Crippen molar-refractivity contribution in [2.24, 2.45) is 5.92 Å². The number of carbonyl (C=O) groups excluding carboxylic acids is 2. The number of imidazole rings is 1. The minimum Gasteiger partial charge on any atom is -0.497 e. The number of halogens is 1. The first-order chi connectivity index (χ1) is 14.8. The lowest BCUT2D eigenvalue weighted by Gasteiger charge is -2.22. The molecule has 1 aromatic heterocycles. The highest BCUT2D eigenvalue weighted by atomic mass is 19.1. The van der Waals surface area contributed by atoms with Gasteiger partial charge in [-0.1, -0.05) is 13.8 Å². The zero-order valence-electron chi connectivity index (χ0n) is 17.8. The molecule has 0 bridgehead atoms. The molecule has 0 radical (unpaired) electrons. The lowest BCUT2D eigenvalue weighted by molar-refractivity contribution is -0.118. The summed E-state index contributed by atoms with van der Waals surface area (Å²) in [5.41, 5.74) is 1.04. The van der Waals surface area contributed by atoms with Crippen LogP contribution in [0.2, 0.25) is 0 Å². The Balaban J connectivity index is 1.72. The number of aryl methyl sites for hydroxylation is 1. The molecule has 7 nitrogen and oxygen atoms in total. The Morgan fingerprint density at radius 2 is 1.84 bits per heavy atom. The number of methoxy groups -OCH3 is 1. The SMILES string of the molecule is COc1ccc(C(=O)NC(C(=O)Nc2ccc(-n3ccnc3C)c(F)c2)C(C)C)cc1. The van der Waals surface area contributed by atoms with Crippen molar-refractivity contribution in [1.82, 2.24) is 14.9 Å². The highest BCUT2D eigenvalue weighted by Crippen LogP contribution is 2.20. The van der Waals surface area contributed by atoms with Crippen molar-refractivity contribution in [2.45, 2.75) is 26.8 Å². The number of ether oxygens (including phenoxy) is 1. The Morgan fingerprint density at radius 3 is 2.39 bits per heavy atom. The largest absolute Gasteiger partial charge is 0.497 e. The van der Waals surface area contributed by atoms with E-state index < -0.39 is 17.8 Å². The molecule has 0 saturated carbocycles. The van der Waals surface area contributed by atoms with E-state index in [1.807, 2.05) is 13.8 Å². The first-order valence-corrected chi connectivity index (χ1v) is 9.85. The number of nitrogens with zero attached hydrogens (tertiary/aromatic N) is 2. The molecule has 0 aliphatic rings. The number of rotatable bonds is 7. The summed E-state index contributed by atoms with van der Waals surface area (Å²) in [7, 11) is 1.54. The van der Waals surface area contributed by atoms with Crippen LogP contribution in [0, 0.1) is 18.7 Å². The molecule has 0 aliphatic carbocycles. The Kier molecular flexibility index (Phi) is 6.69. The molecule has 162 valence electrons. The molecule has 0 fully saturated rings. The summed E-state index contributed by atoms with van der Waals surface area (Å²) >= 11 is 0. The maximum Gasteiger partial charge on any atom is 0.251 e. The highest BCUT2D eigenvalue weighted by Gasteiger charge is 2.25. The Labute approximate surface area is 180 Å². The third kappa shape index (κ3) is 5.09. The topological polar surface area (TPSA) is 85.2 Å². The number of nitrogens with one attached hydrogen (secondary N) is 2. The predicted molar refractivity (Wildman–Crippen MR) is 116 cm³/mol. The summed E-state index contributed by atoms with van der Waals surface area (Å²) in [6.45, 7) is 5.42. The maximum absolute atomic E-state index is 14.6. The quantitative estimate of drug-likeness (QED) is 0.605. The van der Waals surface area contributed by atoms with Gasteiger partial charge in [-0.3, -0.25) is 9.59 Å². The standard InChI is InChI=1S/C23H25FN4O3/c1-14(2)21(27-22(29)16-5-8-18(31-4)9-6-16)23(30)26-17-7-10-20(19(24)13-17)28-12-11-25-15(28)3/h5-14,21H,1-4H3,(H,26,30)(H,27,29). The molecule has 3 rings (SSSR count). The normalized spacial score (nSPS) is 11.8. The average molecular weight is 424 g/mol. The Hall–Kier alpha value is -3.68. The van der Waals surface area contributed by atoms with Crippen LogP contribution in [-0.2, 0) is 4.79 Å². The van der Waals surface area contributed by atoms with Gasteiger partial charge in [0.15, 0.2) is 0 Å². The first kappa shape index (κ1) is 22.0. The molecule has 0 spiro atoms. The molecule has 1 unspecified atom stereocenters. The van der Waals surface area contributed by atoms with E-state index >= 15 is 0 Å². The van der Waals surface area contributed by atoms with E-state index in [9.17, 15) is 14.0 Å². The molecule has 1 heterocycles. The fourth-order valence-electron chi connectivity index (χ4n) is 3.13. The van der Waals surface area contributed by atoms with Crippen LogP contribution in [0.3, 0.4) is 0 Å². The summed E-state index contributed by atoms with van der Waals surface area (Å²) in [6, 6.07) is 10.2. The van der Waals surface area contributed by atoms with Crippen molar-refractivity contribution >= 4 is 17.5 Å². The lowest BCUT2D eigenvalue weighted by atomic mass is 10.0. The van der Waals surface area contributed by atoms with Crippen molar-refractivity contribution in [3.05, 3.63) is 72.1 Å². The van der Waals surface area contributed by atoms with Crippen LogP contribution in [0.4, 0.5) is 10.1 Å². The lowest BCUT2D eigenvalue weighted by Crippen LogP contribution is -2.47. The van der Waals surface area contributed by atoms with Gasteiger partial charge in [0.25, 0.3) is 5.91 Å². The van der Waals surface area contributed by atoms with E-state index in [1.54, 1.807) is 67.4 Å². The summed E-state index contributed by atoms with van der Waals surface area (Å²) < 4.78 is 21.3. The van der Waals surface area contributed by atoms with E-state index in [1.165, 1.54) is 6.07 Å². The number of amides is 2. The van der Waals surface area contributed by atoms with Gasteiger partial charge in [0.1, 0.15) is 23.4 Å². The fraction of sp³-hybridized carbons (Fsp3) is 0.261. The number of aromatic nitrogens is 2. The summed E-state index contributed by atoms with van der Waals surface area (Å²) in [6.07, 6.45) is 3.25. The summed E-state index contributed by atoms with van der Waals surface area (Å²) in [5, 5.41) is 5.44. The second-order valence-corrected chi connectivity index (χ2v) is 7.42. The van der Waals surface area contributed by atoms with Gasteiger partial charge >= 0.3 is 0 Å². The molecule has 1 atom stereocenters. The number of anilines is 1. The molecule has 0 aliphatic heterocycles. The van der Waals surface area contributed by atoms with Gasteiger partial charge in [0.2, 0.25) is 5.91 Å².